The van der Waals surface area contributed by atoms with Gasteiger partial charge < -0.3 is 4.74 Å². The van der Waals surface area contributed by atoms with Crippen LogP contribution in [-0.4, -0.2) is 21.0 Å². The molecule has 112 valence electrons. The number of esters is 1. The molecule has 0 saturated carbocycles. The van der Waals surface area contributed by atoms with Crippen molar-refractivity contribution in [2.24, 2.45) is 11.1 Å². The number of sulfonamides is 1. The molecule has 1 rings (SSSR count). The van der Waals surface area contributed by atoms with Crippen LogP contribution < -0.4 is 5.14 Å². The van der Waals surface area contributed by atoms with Gasteiger partial charge in [-0.2, -0.15) is 0 Å². The van der Waals surface area contributed by atoms with Crippen LogP contribution in [0.4, 0.5) is 0 Å². The quantitative estimate of drug-likeness (QED) is 0.660. The lowest BCUT2D eigenvalue weighted by Crippen LogP contribution is -2.16. The first-order chi connectivity index (χ1) is 9.05. The molecule has 1 aromatic carbocycles. The van der Waals surface area contributed by atoms with E-state index < -0.39 is 25.9 Å². The highest BCUT2D eigenvalue weighted by molar-refractivity contribution is 7.89. The molecule has 0 aliphatic carbocycles. The fraction of sp³-hybridized carbons (Fsp3) is 0.364. The molecule has 0 radical (unpaired) electrons. The molecule has 9 heteroatoms. The first kappa shape index (κ1) is 17.5. The van der Waals surface area contributed by atoms with Gasteiger partial charge in [0.25, 0.3) is 0 Å². The normalized spacial score (nSPS) is 11.8. The zero-order valence-corrected chi connectivity index (χ0v) is 13.7. The highest BCUT2D eigenvalue weighted by Crippen LogP contribution is 2.36. The lowest BCUT2D eigenvalue weighted by molar-refractivity contribution is 0.0459. The summed E-state index contributed by atoms with van der Waals surface area (Å²) >= 11 is 17.5. The Labute approximate surface area is 132 Å². The molecule has 0 amide bonds. The van der Waals surface area contributed by atoms with Crippen molar-refractivity contribution >= 4 is 50.8 Å². The number of primary sulfonamides is 1. The molecule has 0 spiro atoms. The molecule has 0 fully saturated rings. The third-order valence-corrected chi connectivity index (χ3v) is 4.41. The van der Waals surface area contributed by atoms with Gasteiger partial charge in [0.1, 0.15) is 4.90 Å². The minimum Gasteiger partial charge on any atom is -0.462 e. The van der Waals surface area contributed by atoms with Gasteiger partial charge in [-0.15, -0.1) is 0 Å². The number of carbonyl (C=O) groups excluding carboxylic acids is 1. The Morgan fingerprint density at radius 3 is 2.30 bits per heavy atom. The summed E-state index contributed by atoms with van der Waals surface area (Å²) in [6.07, 6.45) is 0. The molecule has 0 bridgehead atoms. The van der Waals surface area contributed by atoms with E-state index in [-0.39, 0.29) is 28.1 Å². The fourth-order valence-corrected chi connectivity index (χ4v) is 3.01. The van der Waals surface area contributed by atoms with Crippen molar-refractivity contribution < 1.29 is 17.9 Å². The lowest BCUT2D eigenvalue weighted by atomic mass is 10.2. The van der Waals surface area contributed by atoms with Crippen LogP contribution in [0.5, 0.6) is 0 Å². The SMILES string of the molecule is CC(C)COC(=O)c1c(Cl)c(Cl)cc(S(N)(=O)=O)c1Cl. The van der Waals surface area contributed by atoms with Crippen LogP contribution in [0.3, 0.4) is 0 Å². The third-order valence-electron chi connectivity index (χ3n) is 2.18. The van der Waals surface area contributed by atoms with Gasteiger partial charge >= 0.3 is 5.97 Å². The summed E-state index contributed by atoms with van der Waals surface area (Å²) in [7, 11) is -4.14. The predicted octanol–water partition coefficient (Wildman–Crippen LogP) is 3.11. The summed E-state index contributed by atoms with van der Waals surface area (Å²) in [5.41, 5.74) is -0.314. The van der Waals surface area contributed by atoms with Crippen molar-refractivity contribution in [2.45, 2.75) is 18.7 Å². The molecule has 2 N–H and O–H groups in total. The van der Waals surface area contributed by atoms with E-state index in [1.165, 1.54) is 0 Å². The van der Waals surface area contributed by atoms with Crippen molar-refractivity contribution in [3.05, 3.63) is 26.7 Å². The van der Waals surface area contributed by atoms with E-state index in [4.69, 9.17) is 44.7 Å². The number of ether oxygens (including phenoxy) is 1. The van der Waals surface area contributed by atoms with Crippen molar-refractivity contribution in [1.82, 2.24) is 0 Å². The fourth-order valence-electron chi connectivity index (χ4n) is 1.28. The first-order valence-corrected chi connectivity index (χ1v) is 8.11. The molecule has 0 unspecified atom stereocenters. The molecule has 0 aliphatic heterocycles. The molecule has 0 aromatic heterocycles. The first-order valence-electron chi connectivity index (χ1n) is 5.43. The third kappa shape index (κ3) is 3.99. The Bertz CT molecular complexity index is 644. The molecule has 5 nitrogen and oxygen atoms in total. The second-order valence-electron chi connectivity index (χ2n) is 4.40. The highest BCUT2D eigenvalue weighted by Gasteiger charge is 2.26. The number of hydrogen-bond donors (Lipinski definition) is 1. The summed E-state index contributed by atoms with van der Waals surface area (Å²) in [6.45, 7) is 3.80. The lowest BCUT2D eigenvalue weighted by Gasteiger charge is -2.12. The molecule has 0 aliphatic rings. The highest BCUT2D eigenvalue weighted by atomic mass is 35.5. The molecule has 0 saturated heterocycles. The Morgan fingerprint density at radius 2 is 1.85 bits per heavy atom. The second kappa shape index (κ2) is 6.49. The minimum absolute atomic E-state index is 0.0911. The van der Waals surface area contributed by atoms with Gasteiger partial charge in [0.2, 0.25) is 10.0 Å². The maximum absolute atomic E-state index is 11.9. The van der Waals surface area contributed by atoms with E-state index in [0.717, 1.165) is 6.07 Å². The maximum atomic E-state index is 11.9. The van der Waals surface area contributed by atoms with Crippen molar-refractivity contribution in [1.29, 1.82) is 0 Å². The molecule has 0 atom stereocenters. The van der Waals surface area contributed by atoms with E-state index in [9.17, 15) is 13.2 Å². The number of hydrogen-bond acceptors (Lipinski definition) is 4. The van der Waals surface area contributed by atoms with Gasteiger partial charge in [0.15, 0.2) is 0 Å². The molecular formula is C11H12Cl3NO4S. The summed E-state index contributed by atoms with van der Waals surface area (Å²) in [5, 5.41) is 4.26. The van der Waals surface area contributed by atoms with Crippen molar-refractivity contribution in [3.63, 3.8) is 0 Å². The zero-order valence-electron chi connectivity index (χ0n) is 10.6. The summed E-state index contributed by atoms with van der Waals surface area (Å²) in [6, 6.07) is 0.987. The van der Waals surface area contributed by atoms with Crippen LogP contribution in [0.1, 0.15) is 24.2 Å². The maximum Gasteiger partial charge on any atom is 0.341 e. The number of carbonyl (C=O) groups is 1. The number of nitrogens with two attached hydrogens (primary N) is 1. The van der Waals surface area contributed by atoms with E-state index >= 15 is 0 Å². The van der Waals surface area contributed by atoms with E-state index in [1.54, 1.807) is 0 Å². The van der Waals surface area contributed by atoms with Gasteiger partial charge in [-0.05, 0) is 12.0 Å². The van der Waals surface area contributed by atoms with Crippen LogP contribution >= 0.6 is 34.8 Å². The Morgan fingerprint density at radius 1 is 1.30 bits per heavy atom. The Kier molecular flexibility index (Phi) is 5.69. The van der Waals surface area contributed by atoms with Crippen LogP contribution in [0.15, 0.2) is 11.0 Å². The predicted molar refractivity (Wildman–Crippen MR) is 78.0 cm³/mol. The van der Waals surface area contributed by atoms with E-state index in [2.05, 4.69) is 0 Å². The molecule has 1 aromatic rings. The van der Waals surface area contributed by atoms with Gasteiger partial charge in [0, 0.05) is 0 Å². The summed E-state index contributed by atoms with van der Waals surface area (Å²) in [5.74, 6) is -0.769. The molecular weight excluding hydrogens is 349 g/mol. The number of benzene rings is 1. The van der Waals surface area contributed by atoms with Crippen molar-refractivity contribution in [3.8, 4) is 0 Å². The largest absolute Gasteiger partial charge is 0.462 e. The average Bonchev–Trinajstić information content (AvgIpc) is 2.30. The average molecular weight is 361 g/mol. The number of rotatable bonds is 4. The summed E-state index contributed by atoms with van der Waals surface area (Å²) < 4.78 is 27.8. The van der Waals surface area contributed by atoms with E-state index in [0.29, 0.717) is 0 Å². The van der Waals surface area contributed by atoms with Gasteiger partial charge in [-0.25, -0.2) is 18.4 Å². The monoisotopic (exact) mass is 359 g/mol. The second-order valence-corrected chi connectivity index (χ2v) is 7.09. The Hall–Kier alpha value is -0.530. The molecule has 20 heavy (non-hydrogen) atoms. The van der Waals surface area contributed by atoms with Crippen LogP contribution in [0.2, 0.25) is 15.1 Å². The van der Waals surface area contributed by atoms with Gasteiger partial charge in [-0.1, -0.05) is 48.7 Å². The van der Waals surface area contributed by atoms with E-state index in [1.807, 2.05) is 13.8 Å². The smallest absolute Gasteiger partial charge is 0.341 e. The minimum atomic E-state index is -4.14. The molecule has 0 heterocycles. The van der Waals surface area contributed by atoms with Crippen molar-refractivity contribution in [2.75, 3.05) is 6.61 Å². The zero-order chi connectivity index (χ0) is 15.7. The topological polar surface area (TPSA) is 86.5 Å². The van der Waals surface area contributed by atoms with Crippen LogP contribution in [-0.2, 0) is 14.8 Å². The summed E-state index contributed by atoms with van der Waals surface area (Å²) in [4.78, 5) is 11.5. The van der Waals surface area contributed by atoms with Gasteiger partial charge in [0.05, 0.1) is 27.2 Å². The standard InChI is InChI=1S/C11H12Cl3NO4S/c1-5(2)4-19-11(16)8-9(13)6(12)3-7(10(8)14)20(15,17)18/h3,5H,4H2,1-2H3,(H2,15,17,18). The van der Waals surface area contributed by atoms with Crippen LogP contribution in [0, 0.1) is 5.92 Å². The van der Waals surface area contributed by atoms with Crippen LogP contribution in [0.25, 0.3) is 0 Å². The number of halogens is 3. The Balaban J connectivity index is 3.39. The van der Waals surface area contributed by atoms with Gasteiger partial charge in [-0.3, -0.25) is 0 Å².